The van der Waals surface area contributed by atoms with E-state index in [4.69, 9.17) is 5.73 Å². The molecule has 0 aromatic heterocycles. The van der Waals surface area contributed by atoms with Crippen LogP contribution in [0, 0.1) is 12.8 Å². The lowest BCUT2D eigenvalue weighted by molar-refractivity contribution is -0.118. The van der Waals surface area contributed by atoms with Crippen LogP contribution in [0.15, 0.2) is 24.3 Å². The highest BCUT2D eigenvalue weighted by molar-refractivity contribution is 5.73. The number of rotatable bonds is 7. The largest absolute Gasteiger partial charge is 0.370 e. The van der Waals surface area contributed by atoms with E-state index >= 15 is 0 Å². The molecule has 0 aliphatic heterocycles. The Bertz CT molecular complexity index is 373. The third-order valence-corrected chi connectivity index (χ3v) is 3.34. The van der Waals surface area contributed by atoms with E-state index in [1.54, 1.807) is 0 Å². The Balaban J connectivity index is 0.000000367. The normalized spacial score (nSPS) is 11.4. The first kappa shape index (κ1) is 18.7. The van der Waals surface area contributed by atoms with E-state index in [0.29, 0.717) is 12.3 Å². The van der Waals surface area contributed by atoms with Crippen molar-refractivity contribution in [3.05, 3.63) is 35.4 Å². The number of carbonyl (C=O) groups is 1. The second kappa shape index (κ2) is 11.5. The van der Waals surface area contributed by atoms with E-state index in [0.717, 1.165) is 12.8 Å². The quantitative estimate of drug-likeness (QED) is 0.725. The minimum absolute atomic E-state index is 0.172. The molecule has 1 atom stereocenters. The Morgan fingerprint density at radius 1 is 1.25 bits per heavy atom. The highest BCUT2D eigenvalue weighted by Gasteiger charge is 2.04. The summed E-state index contributed by atoms with van der Waals surface area (Å²) in [4.78, 5) is 10.5. The van der Waals surface area contributed by atoms with Crippen molar-refractivity contribution in [2.24, 2.45) is 11.7 Å². The van der Waals surface area contributed by atoms with Gasteiger partial charge in [0, 0.05) is 6.42 Å². The summed E-state index contributed by atoms with van der Waals surface area (Å²) in [6, 6.07) is 8.61. The van der Waals surface area contributed by atoms with Gasteiger partial charge in [-0.25, -0.2) is 0 Å². The van der Waals surface area contributed by atoms with Crippen LogP contribution in [0.5, 0.6) is 0 Å². The van der Waals surface area contributed by atoms with E-state index in [9.17, 15) is 4.79 Å². The highest BCUT2D eigenvalue weighted by Crippen LogP contribution is 2.11. The van der Waals surface area contributed by atoms with E-state index in [1.807, 2.05) is 0 Å². The molecule has 2 heteroatoms. The fourth-order valence-electron chi connectivity index (χ4n) is 2.12. The molecule has 0 saturated heterocycles. The first-order valence-electron chi connectivity index (χ1n) is 7.83. The van der Waals surface area contributed by atoms with Gasteiger partial charge in [0.15, 0.2) is 0 Å². The zero-order valence-electron chi connectivity index (χ0n) is 13.6. The number of hydrogen-bond donors (Lipinski definition) is 1. The van der Waals surface area contributed by atoms with Gasteiger partial charge < -0.3 is 5.73 Å². The molecule has 2 nitrogen and oxygen atoms in total. The first-order valence-corrected chi connectivity index (χ1v) is 7.83. The average Bonchev–Trinajstić information content (AvgIpc) is 2.39. The standard InChI is InChI=1S/C9H19NO.C9H12/c1-3-4-5-6-8(2)7-9(10)11;1-3-9-6-4-5-8(2)7-9/h8H,3-7H2,1-2H3,(H2,10,11);4-7H,3H2,1-2H3. The minimum atomic E-state index is -0.172. The Morgan fingerprint density at radius 2 is 1.95 bits per heavy atom. The summed E-state index contributed by atoms with van der Waals surface area (Å²) in [5.74, 6) is 0.299. The maximum Gasteiger partial charge on any atom is 0.217 e. The molecule has 0 spiro atoms. The highest BCUT2D eigenvalue weighted by atomic mass is 16.1. The first-order chi connectivity index (χ1) is 9.49. The second-order valence-electron chi connectivity index (χ2n) is 5.61. The van der Waals surface area contributed by atoms with Crippen molar-refractivity contribution in [3.8, 4) is 0 Å². The second-order valence-corrected chi connectivity index (χ2v) is 5.61. The van der Waals surface area contributed by atoms with Crippen LogP contribution in [-0.4, -0.2) is 5.91 Å². The molecule has 2 N–H and O–H groups in total. The summed E-state index contributed by atoms with van der Waals surface area (Å²) in [5, 5.41) is 0. The van der Waals surface area contributed by atoms with Gasteiger partial charge in [0.2, 0.25) is 5.91 Å². The number of hydrogen-bond acceptors (Lipinski definition) is 1. The zero-order valence-corrected chi connectivity index (χ0v) is 13.6. The number of aryl methyl sites for hydroxylation is 2. The van der Waals surface area contributed by atoms with Gasteiger partial charge in [0.1, 0.15) is 0 Å². The van der Waals surface area contributed by atoms with Crippen molar-refractivity contribution in [3.63, 3.8) is 0 Å². The molecule has 1 aromatic rings. The molecule has 0 aliphatic carbocycles. The lowest BCUT2D eigenvalue weighted by Crippen LogP contribution is -2.14. The van der Waals surface area contributed by atoms with Gasteiger partial charge in [-0.3, -0.25) is 4.79 Å². The van der Waals surface area contributed by atoms with Crippen LogP contribution in [0.25, 0.3) is 0 Å². The third kappa shape index (κ3) is 10.6. The van der Waals surface area contributed by atoms with Crippen LogP contribution >= 0.6 is 0 Å². The minimum Gasteiger partial charge on any atom is -0.370 e. The zero-order chi connectivity index (χ0) is 15.4. The maximum absolute atomic E-state index is 10.5. The Labute approximate surface area is 124 Å². The van der Waals surface area contributed by atoms with Crippen LogP contribution in [0.2, 0.25) is 0 Å². The Kier molecular flexibility index (Phi) is 10.8. The van der Waals surface area contributed by atoms with Crippen molar-refractivity contribution in [1.29, 1.82) is 0 Å². The number of nitrogens with two attached hydrogens (primary N) is 1. The molecule has 0 fully saturated rings. The van der Waals surface area contributed by atoms with Crippen LogP contribution in [-0.2, 0) is 11.2 Å². The van der Waals surface area contributed by atoms with Gasteiger partial charge in [0.05, 0.1) is 0 Å². The fraction of sp³-hybridized carbons (Fsp3) is 0.611. The van der Waals surface area contributed by atoms with Crippen molar-refractivity contribution < 1.29 is 4.79 Å². The summed E-state index contributed by atoms with van der Waals surface area (Å²) in [6.45, 7) is 8.56. The van der Waals surface area contributed by atoms with Crippen molar-refractivity contribution in [1.82, 2.24) is 0 Å². The number of primary amides is 1. The van der Waals surface area contributed by atoms with E-state index in [1.165, 1.54) is 30.4 Å². The molecule has 0 heterocycles. The number of benzene rings is 1. The summed E-state index contributed by atoms with van der Waals surface area (Å²) in [6.07, 6.45) is 6.56. The van der Waals surface area contributed by atoms with Gasteiger partial charge >= 0.3 is 0 Å². The van der Waals surface area contributed by atoms with Gasteiger partial charge in [-0.15, -0.1) is 0 Å². The number of unbranched alkanes of at least 4 members (excludes halogenated alkanes) is 2. The van der Waals surface area contributed by atoms with Gasteiger partial charge in [-0.2, -0.15) is 0 Å². The predicted octanol–water partition coefficient (Wildman–Crippen LogP) is 4.64. The Hall–Kier alpha value is -1.31. The third-order valence-electron chi connectivity index (χ3n) is 3.34. The molecule has 20 heavy (non-hydrogen) atoms. The molecular formula is C18H31NO. The fourth-order valence-corrected chi connectivity index (χ4v) is 2.12. The van der Waals surface area contributed by atoms with Gasteiger partial charge in [-0.1, -0.05) is 76.3 Å². The molecule has 1 amide bonds. The van der Waals surface area contributed by atoms with Gasteiger partial charge in [-0.05, 0) is 24.8 Å². The molecule has 0 bridgehead atoms. The molecule has 0 radical (unpaired) electrons. The number of carbonyl (C=O) groups excluding carboxylic acids is 1. The average molecular weight is 277 g/mol. The van der Waals surface area contributed by atoms with Crippen molar-refractivity contribution >= 4 is 5.91 Å². The smallest absolute Gasteiger partial charge is 0.217 e. The monoisotopic (exact) mass is 277 g/mol. The molecule has 0 aliphatic rings. The summed E-state index contributed by atoms with van der Waals surface area (Å²) in [7, 11) is 0. The molecule has 114 valence electrons. The molecule has 1 rings (SSSR count). The van der Waals surface area contributed by atoms with Crippen LogP contribution < -0.4 is 5.73 Å². The topological polar surface area (TPSA) is 43.1 Å². The van der Waals surface area contributed by atoms with Crippen molar-refractivity contribution in [2.45, 2.75) is 66.2 Å². The molecular weight excluding hydrogens is 246 g/mol. The molecule has 1 unspecified atom stereocenters. The molecule has 0 saturated carbocycles. The van der Waals surface area contributed by atoms with Crippen LogP contribution in [0.4, 0.5) is 0 Å². The SMILES string of the molecule is CCCCCC(C)CC(N)=O.CCc1cccc(C)c1. The Morgan fingerprint density at radius 3 is 2.40 bits per heavy atom. The van der Waals surface area contributed by atoms with Gasteiger partial charge in [0.25, 0.3) is 0 Å². The maximum atomic E-state index is 10.5. The van der Waals surface area contributed by atoms with Crippen LogP contribution in [0.1, 0.15) is 64.0 Å². The van der Waals surface area contributed by atoms with Crippen LogP contribution in [0.3, 0.4) is 0 Å². The predicted molar refractivity (Wildman–Crippen MR) is 87.7 cm³/mol. The molecule has 1 aromatic carbocycles. The van der Waals surface area contributed by atoms with E-state index < -0.39 is 0 Å². The van der Waals surface area contributed by atoms with E-state index in [2.05, 4.69) is 52.0 Å². The lowest BCUT2D eigenvalue weighted by Gasteiger charge is -2.07. The number of amides is 1. The van der Waals surface area contributed by atoms with E-state index in [-0.39, 0.29) is 5.91 Å². The van der Waals surface area contributed by atoms with Crippen molar-refractivity contribution in [2.75, 3.05) is 0 Å². The summed E-state index contributed by atoms with van der Waals surface area (Å²) in [5.41, 5.74) is 7.84. The lowest BCUT2D eigenvalue weighted by atomic mass is 10.00. The summed E-state index contributed by atoms with van der Waals surface area (Å²) >= 11 is 0. The summed E-state index contributed by atoms with van der Waals surface area (Å²) < 4.78 is 0.